The van der Waals surface area contributed by atoms with Crippen LogP contribution in [0.4, 0.5) is 27.1 Å². The van der Waals surface area contributed by atoms with Crippen molar-refractivity contribution in [2.45, 2.75) is 19.5 Å². The lowest BCUT2D eigenvalue weighted by Gasteiger charge is -2.10. The Bertz CT molecular complexity index is 1560. The molecular formula is C20H13F5N4O4S. The van der Waals surface area contributed by atoms with Crippen LogP contribution >= 0.6 is 11.3 Å². The predicted molar refractivity (Wildman–Crippen MR) is 112 cm³/mol. The molecule has 14 heteroatoms. The first-order valence-electron chi connectivity index (χ1n) is 9.40. The van der Waals surface area contributed by atoms with E-state index in [1.807, 2.05) is 0 Å². The Labute approximate surface area is 189 Å². The van der Waals surface area contributed by atoms with E-state index in [2.05, 4.69) is 15.3 Å². The zero-order chi connectivity index (χ0) is 24.9. The van der Waals surface area contributed by atoms with Gasteiger partial charge in [-0.15, -0.1) is 11.3 Å². The van der Waals surface area contributed by atoms with Crippen LogP contribution in [0.3, 0.4) is 0 Å². The Balaban J connectivity index is 1.60. The standard InChI is InChI=1S/C20H13F5N4O4S/c1-7-8(15-16(33-7)28-19(32)29(2)17(15)31)4-14(30)27-18-26-13(6-34-18)9-3-10(20(23,24)25)12(22)5-11(9)21/h3,5-6H,4H2,1-2H3,(H,28,32)(H,26,27,30). The van der Waals surface area contributed by atoms with E-state index in [0.717, 1.165) is 15.9 Å². The number of hydrogen-bond donors (Lipinski definition) is 2. The van der Waals surface area contributed by atoms with Gasteiger partial charge < -0.3 is 9.73 Å². The fraction of sp³-hybridized carbons (Fsp3) is 0.200. The van der Waals surface area contributed by atoms with Crippen LogP contribution in [0, 0.1) is 18.6 Å². The third-order valence-corrected chi connectivity index (χ3v) is 5.74. The maximum Gasteiger partial charge on any atom is 0.419 e. The predicted octanol–water partition coefficient (Wildman–Crippen LogP) is 3.73. The molecule has 3 heterocycles. The second-order valence-electron chi connectivity index (χ2n) is 7.21. The third kappa shape index (κ3) is 4.11. The number of nitrogens with one attached hydrogen (secondary N) is 2. The molecule has 0 aliphatic carbocycles. The summed E-state index contributed by atoms with van der Waals surface area (Å²) in [6.45, 7) is 1.50. The number of amides is 1. The van der Waals surface area contributed by atoms with Gasteiger partial charge in [0.25, 0.3) is 5.56 Å². The van der Waals surface area contributed by atoms with Crippen LogP contribution in [0.25, 0.3) is 22.4 Å². The highest BCUT2D eigenvalue weighted by molar-refractivity contribution is 7.14. The average molecular weight is 500 g/mol. The van der Waals surface area contributed by atoms with Gasteiger partial charge in [-0.25, -0.2) is 18.6 Å². The molecule has 0 spiro atoms. The van der Waals surface area contributed by atoms with E-state index in [0.29, 0.717) is 6.07 Å². The fourth-order valence-electron chi connectivity index (χ4n) is 3.29. The van der Waals surface area contributed by atoms with Crippen LogP contribution in [-0.4, -0.2) is 20.4 Å². The molecule has 0 saturated carbocycles. The topological polar surface area (TPSA) is 110 Å². The van der Waals surface area contributed by atoms with Gasteiger partial charge in [-0.1, -0.05) is 0 Å². The fourth-order valence-corrected chi connectivity index (χ4v) is 4.01. The molecule has 0 atom stereocenters. The minimum Gasteiger partial charge on any atom is -0.444 e. The number of rotatable bonds is 4. The van der Waals surface area contributed by atoms with Gasteiger partial charge in [0, 0.05) is 29.6 Å². The Morgan fingerprint density at radius 1 is 1.24 bits per heavy atom. The van der Waals surface area contributed by atoms with Gasteiger partial charge in [0.15, 0.2) is 5.13 Å². The van der Waals surface area contributed by atoms with Gasteiger partial charge in [0.1, 0.15) is 22.8 Å². The molecule has 0 radical (unpaired) electrons. The van der Waals surface area contributed by atoms with Crippen molar-refractivity contribution in [3.05, 3.63) is 66.9 Å². The molecule has 0 saturated heterocycles. The number of carbonyl (C=O) groups is 1. The second kappa shape index (κ2) is 8.20. The lowest BCUT2D eigenvalue weighted by molar-refractivity contribution is -0.140. The highest BCUT2D eigenvalue weighted by Gasteiger charge is 2.35. The van der Waals surface area contributed by atoms with Crippen LogP contribution in [0.15, 0.2) is 31.5 Å². The van der Waals surface area contributed by atoms with Crippen molar-refractivity contribution in [3.8, 4) is 11.3 Å². The summed E-state index contributed by atoms with van der Waals surface area (Å²) >= 11 is 0.805. The molecule has 0 aliphatic heterocycles. The number of anilines is 1. The minimum atomic E-state index is -5.04. The number of aromatic amines is 1. The van der Waals surface area contributed by atoms with E-state index in [1.165, 1.54) is 19.4 Å². The zero-order valence-corrected chi connectivity index (χ0v) is 18.1. The van der Waals surface area contributed by atoms with Crippen molar-refractivity contribution in [1.29, 1.82) is 0 Å². The minimum absolute atomic E-state index is 0.0163. The molecule has 4 aromatic rings. The summed E-state index contributed by atoms with van der Waals surface area (Å²) in [5.41, 5.74) is -3.70. The summed E-state index contributed by atoms with van der Waals surface area (Å²) in [5, 5.41) is 3.56. The van der Waals surface area contributed by atoms with Crippen molar-refractivity contribution in [1.82, 2.24) is 14.5 Å². The monoisotopic (exact) mass is 500 g/mol. The quantitative estimate of drug-likeness (QED) is 0.415. The van der Waals surface area contributed by atoms with Crippen LogP contribution < -0.4 is 16.6 Å². The van der Waals surface area contributed by atoms with Crippen LogP contribution in [0.5, 0.6) is 0 Å². The second-order valence-corrected chi connectivity index (χ2v) is 8.07. The van der Waals surface area contributed by atoms with Gasteiger partial charge in [0.2, 0.25) is 11.6 Å². The normalized spacial score (nSPS) is 11.9. The van der Waals surface area contributed by atoms with Gasteiger partial charge in [-0.3, -0.25) is 19.1 Å². The largest absolute Gasteiger partial charge is 0.444 e. The number of carbonyl (C=O) groups excluding carboxylic acids is 1. The molecule has 2 N–H and O–H groups in total. The smallest absolute Gasteiger partial charge is 0.419 e. The molecule has 3 aromatic heterocycles. The van der Waals surface area contributed by atoms with E-state index >= 15 is 0 Å². The number of thiazole rings is 1. The first-order valence-corrected chi connectivity index (χ1v) is 10.3. The first kappa shape index (κ1) is 23.4. The zero-order valence-electron chi connectivity index (χ0n) is 17.3. The Morgan fingerprint density at radius 2 is 1.94 bits per heavy atom. The number of aryl methyl sites for hydroxylation is 1. The van der Waals surface area contributed by atoms with Crippen LogP contribution in [0.1, 0.15) is 16.9 Å². The number of aromatic nitrogens is 3. The molecule has 0 aliphatic rings. The van der Waals surface area contributed by atoms with Crippen LogP contribution in [-0.2, 0) is 24.4 Å². The van der Waals surface area contributed by atoms with E-state index in [9.17, 15) is 36.3 Å². The number of halogens is 5. The summed E-state index contributed by atoms with van der Waals surface area (Å²) in [6.07, 6.45) is -5.38. The maximum atomic E-state index is 14.1. The molecule has 1 aromatic carbocycles. The summed E-state index contributed by atoms with van der Waals surface area (Å²) in [7, 11) is 1.25. The Morgan fingerprint density at radius 3 is 2.62 bits per heavy atom. The summed E-state index contributed by atoms with van der Waals surface area (Å²) < 4.78 is 72.7. The van der Waals surface area contributed by atoms with Crippen molar-refractivity contribution in [3.63, 3.8) is 0 Å². The van der Waals surface area contributed by atoms with Crippen molar-refractivity contribution in [2.24, 2.45) is 7.05 Å². The highest BCUT2D eigenvalue weighted by atomic mass is 32.1. The molecule has 0 bridgehead atoms. The number of alkyl halides is 3. The molecule has 4 rings (SSSR count). The number of fused-ring (bicyclic) bond motifs is 1. The number of furan rings is 1. The molecule has 178 valence electrons. The lowest BCUT2D eigenvalue weighted by atomic mass is 10.1. The Hall–Kier alpha value is -3.81. The molecular weight excluding hydrogens is 487 g/mol. The van der Waals surface area contributed by atoms with E-state index in [4.69, 9.17) is 4.42 Å². The number of benzene rings is 1. The maximum absolute atomic E-state index is 14.1. The molecule has 0 unspecified atom stereocenters. The highest BCUT2D eigenvalue weighted by Crippen LogP contribution is 2.36. The van der Waals surface area contributed by atoms with Crippen molar-refractivity contribution < 1.29 is 31.2 Å². The van der Waals surface area contributed by atoms with E-state index < -0.39 is 46.1 Å². The summed E-state index contributed by atoms with van der Waals surface area (Å²) in [5.74, 6) is -3.45. The average Bonchev–Trinajstić information content (AvgIpc) is 3.29. The lowest BCUT2D eigenvalue weighted by Crippen LogP contribution is -2.32. The molecule has 8 nitrogen and oxygen atoms in total. The summed E-state index contributed by atoms with van der Waals surface area (Å²) in [6, 6.07) is 0.427. The number of hydrogen-bond acceptors (Lipinski definition) is 6. The van der Waals surface area contributed by atoms with E-state index in [1.54, 1.807) is 0 Å². The van der Waals surface area contributed by atoms with Gasteiger partial charge in [0.05, 0.1) is 17.7 Å². The molecule has 1 amide bonds. The summed E-state index contributed by atoms with van der Waals surface area (Å²) in [4.78, 5) is 43.0. The number of H-pyrrole nitrogens is 1. The number of nitrogens with zero attached hydrogens (tertiary/aromatic N) is 2. The molecule has 34 heavy (non-hydrogen) atoms. The van der Waals surface area contributed by atoms with Gasteiger partial charge in [-0.2, -0.15) is 13.2 Å². The van der Waals surface area contributed by atoms with Crippen molar-refractivity contribution in [2.75, 3.05) is 5.32 Å². The van der Waals surface area contributed by atoms with Gasteiger partial charge in [-0.05, 0) is 13.0 Å². The van der Waals surface area contributed by atoms with Crippen molar-refractivity contribution >= 4 is 33.5 Å². The van der Waals surface area contributed by atoms with Crippen LogP contribution in [0.2, 0.25) is 0 Å². The molecule has 0 fully saturated rings. The Kier molecular flexibility index (Phi) is 5.63. The first-order chi connectivity index (χ1) is 15.9. The SMILES string of the molecule is Cc1oc2[nH]c(=O)n(C)c(=O)c2c1CC(=O)Nc1nc(-c2cc(C(F)(F)F)c(F)cc2F)cs1. The van der Waals surface area contributed by atoms with Gasteiger partial charge >= 0.3 is 11.9 Å². The third-order valence-electron chi connectivity index (χ3n) is 4.98. The van der Waals surface area contributed by atoms with E-state index in [-0.39, 0.29) is 45.7 Å².